The van der Waals surface area contributed by atoms with Crippen LogP contribution in [0.15, 0.2) is 31.6 Å². The lowest BCUT2D eigenvalue weighted by Crippen LogP contribution is -2.38. The van der Waals surface area contributed by atoms with E-state index in [9.17, 15) is 14.4 Å². The summed E-state index contributed by atoms with van der Waals surface area (Å²) in [5.74, 6) is -0.492. The molecule has 0 saturated carbocycles. The molecule has 8 heteroatoms. The summed E-state index contributed by atoms with van der Waals surface area (Å²) in [5, 5.41) is 0. The largest absolute Gasteiger partial charge is 0.455 e. The number of rotatable bonds is 3. The van der Waals surface area contributed by atoms with Crippen molar-refractivity contribution in [3.63, 3.8) is 0 Å². The highest BCUT2D eigenvalue weighted by atomic mass is 79.9. The molecule has 0 aliphatic rings. The third-order valence-electron chi connectivity index (χ3n) is 2.75. The molecule has 0 saturated heterocycles. The van der Waals surface area contributed by atoms with E-state index in [0.29, 0.717) is 10.6 Å². The van der Waals surface area contributed by atoms with Gasteiger partial charge >= 0.3 is 11.7 Å². The molecule has 0 amide bonds. The number of ether oxygens (including phenoxy) is 1. The Morgan fingerprint density at radius 2 is 2.00 bits per heavy atom. The summed E-state index contributed by atoms with van der Waals surface area (Å²) < 4.78 is 8.19. The lowest BCUT2D eigenvalue weighted by molar-refractivity contribution is 0.0468. The Bertz CT molecular complexity index is 774. The molecule has 2 aromatic heterocycles. The average Bonchev–Trinajstić information content (AvgIpc) is 2.85. The van der Waals surface area contributed by atoms with Gasteiger partial charge in [-0.15, -0.1) is 11.3 Å². The van der Waals surface area contributed by atoms with E-state index in [1.54, 1.807) is 12.1 Å². The van der Waals surface area contributed by atoms with Gasteiger partial charge in [0.1, 0.15) is 11.5 Å². The zero-order valence-electron chi connectivity index (χ0n) is 10.8. The summed E-state index contributed by atoms with van der Waals surface area (Å²) >= 11 is 4.51. The number of carbonyl (C=O) groups is 1. The lowest BCUT2D eigenvalue weighted by Gasteiger charge is -2.09. The van der Waals surface area contributed by atoms with Gasteiger partial charge in [0.15, 0.2) is 0 Å². The van der Waals surface area contributed by atoms with Gasteiger partial charge in [-0.25, -0.2) is 9.59 Å². The van der Waals surface area contributed by atoms with E-state index in [0.717, 1.165) is 8.35 Å². The van der Waals surface area contributed by atoms with Crippen LogP contribution in [-0.4, -0.2) is 15.1 Å². The highest BCUT2D eigenvalue weighted by molar-refractivity contribution is 9.11. The Balaban J connectivity index is 2.18. The molecule has 2 heterocycles. The second kappa shape index (κ2) is 5.76. The minimum atomic E-state index is -0.492. The summed E-state index contributed by atoms with van der Waals surface area (Å²) in [6.07, 6.45) is 0. The van der Waals surface area contributed by atoms with Crippen LogP contribution in [0, 0.1) is 0 Å². The first-order valence-corrected chi connectivity index (χ1v) is 7.19. The number of halogens is 1. The van der Waals surface area contributed by atoms with Crippen molar-refractivity contribution < 1.29 is 9.53 Å². The monoisotopic (exact) mass is 358 g/mol. The van der Waals surface area contributed by atoms with Gasteiger partial charge in [-0.05, 0) is 28.1 Å². The normalized spacial score (nSPS) is 10.6. The molecule has 6 nitrogen and oxygen atoms in total. The first-order valence-electron chi connectivity index (χ1n) is 5.58. The smallest absolute Gasteiger partial charge is 0.348 e. The standard InChI is InChI=1S/C12H11BrN2O4S/c1-14-7(5-10(16)15(2)12(14)18)6-19-11(17)8-3-4-9(13)20-8/h3-5H,6H2,1-2H3. The maximum Gasteiger partial charge on any atom is 0.348 e. The Morgan fingerprint density at radius 3 is 2.60 bits per heavy atom. The maximum absolute atomic E-state index is 11.8. The molecular weight excluding hydrogens is 348 g/mol. The zero-order valence-corrected chi connectivity index (χ0v) is 13.2. The fraction of sp³-hybridized carbons (Fsp3) is 0.250. The van der Waals surface area contributed by atoms with E-state index >= 15 is 0 Å². The van der Waals surface area contributed by atoms with Crippen molar-refractivity contribution >= 4 is 33.2 Å². The van der Waals surface area contributed by atoms with Gasteiger partial charge in [0.05, 0.1) is 9.48 Å². The second-order valence-electron chi connectivity index (χ2n) is 4.05. The Hall–Kier alpha value is -1.67. The lowest BCUT2D eigenvalue weighted by atomic mass is 10.4. The van der Waals surface area contributed by atoms with Crippen molar-refractivity contribution in [2.24, 2.45) is 14.1 Å². The van der Waals surface area contributed by atoms with Crippen molar-refractivity contribution in [3.8, 4) is 0 Å². The molecule has 0 aliphatic carbocycles. The summed E-state index contributed by atoms with van der Waals surface area (Å²) in [4.78, 5) is 35.5. The molecule has 0 spiro atoms. The van der Waals surface area contributed by atoms with Gasteiger partial charge in [-0.2, -0.15) is 0 Å². The Kier molecular flexibility index (Phi) is 4.24. The molecule has 2 aromatic rings. The van der Waals surface area contributed by atoms with Gasteiger partial charge in [-0.3, -0.25) is 13.9 Å². The van der Waals surface area contributed by atoms with Crippen LogP contribution >= 0.6 is 27.3 Å². The Labute approximate surface area is 126 Å². The first-order chi connectivity index (χ1) is 9.40. The van der Waals surface area contributed by atoms with Crippen molar-refractivity contribution in [2.45, 2.75) is 6.61 Å². The van der Waals surface area contributed by atoms with Crippen molar-refractivity contribution in [2.75, 3.05) is 0 Å². The average molecular weight is 359 g/mol. The number of thiophene rings is 1. The topological polar surface area (TPSA) is 70.3 Å². The van der Waals surface area contributed by atoms with E-state index in [4.69, 9.17) is 4.74 Å². The van der Waals surface area contributed by atoms with E-state index in [2.05, 4.69) is 15.9 Å². The predicted octanol–water partition coefficient (Wildman–Crippen LogP) is 1.26. The van der Waals surface area contributed by atoms with Crippen LogP contribution in [0.1, 0.15) is 15.4 Å². The Morgan fingerprint density at radius 1 is 1.30 bits per heavy atom. The molecule has 0 bridgehead atoms. The molecule has 0 aliphatic heterocycles. The number of hydrogen-bond donors (Lipinski definition) is 0. The van der Waals surface area contributed by atoms with Crippen LogP contribution in [0.5, 0.6) is 0 Å². The quantitative estimate of drug-likeness (QED) is 0.774. The van der Waals surface area contributed by atoms with Gasteiger partial charge < -0.3 is 4.74 Å². The minimum Gasteiger partial charge on any atom is -0.455 e. The van der Waals surface area contributed by atoms with Crippen molar-refractivity contribution in [1.29, 1.82) is 0 Å². The van der Waals surface area contributed by atoms with E-state index in [1.807, 2.05) is 0 Å². The molecule has 0 N–H and O–H groups in total. The third kappa shape index (κ3) is 2.91. The second-order valence-corrected chi connectivity index (χ2v) is 6.52. The van der Waals surface area contributed by atoms with Crippen LogP contribution in [-0.2, 0) is 25.4 Å². The molecule has 0 unspecified atom stereocenters. The van der Waals surface area contributed by atoms with Gasteiger partial charge in [0, 0.05) is 20.2 Å². The minimum absolute atomic E-state index is 0.129. The molecule has 20 heavy (non-hydrogen) atoms. The first kappa shape index (κ1) is 14.7. The number of aromatic nitrogens is 2. The molecular formula is C12H11BrN2O4S. The SMILES string of the molecule is Cn1c(COC(=O)c2ccc(Br)s2)cc(=O)n(C)c1=O. The highest BCUT2D eigenvalue weighted by Gasteiger charge is 2.12. The van der Waals surface area contributed by atoms with Crippen LogP contribution < -0.4 is 11.2 Å². The maximum atomic E-state index is 11.8. The number of nitrogens with zero attached hydrogens (tertiary/aromatic N) is 2. The van der Waals surface area contributed by atoms with Crippen molar-refractivity contribution in [1.82, 2.24) is 9.13 Å². The van der Waals surface area contributed by atoms with Crippen LogP contribution in [0.2, 0.25) is 0 Å². The number of hydrogen-bond acceptors (Lipinski definition) is 5. The van der Waals surface area contributed by atoms with Crippen LogP contribution in [0.4, 0.5) is 0 Å². The molecule has 106 valence electrons. The van der Waals surface area contributed by atoms with E-state index in [-0.39, 0.29) is 6.61 Å². The van der Waals surface area contributed by atoms with Gasteiger partial charge in [0.25, 0.3) is 5.56 Å². The third-order valence-corrected chi connectivity index (χ3v) is 4.35. The van der Waals surface area contributed by atoms with E-state index < -0.39 is 17.2 Å². The molecule has 0 fully saturated rings. The fourth-order valence-electron chi connectivity index (χ4n) is 1.55. The van der Waals surface area contributed by atoms with Crippen LogP contribution in [0.25, 0.3) is 0 Å². The summed E-state index contributed by atoms with van der Waals surface area (Å²) in [6, 6.07) is 4.66. The molecule has 0 aromatic carbocycles. The summed E-state index contributed by atoms with van der Waals surface area (Å²) in [6.45, 7) is -0.129. The summed E-state index contributed by atoms with van der Waals surface area (Å²) in [5.41, 5.74) is -0.539. The molecule has 0 radical (unpaired) electrons. The van der Waals surface area contributed by atoms with Gasteiger partial charge in [0.2, 0.25) is 0 Å². The highest BCUT2D eigenvalue weighted by Crippen LogP contribution is 2.22. The molecule has 2 rings (SSSR count). The number of esters is 1. The number of carbonyl (C=O) groups excluding carboxylic acids is 1. The van der Waals surface area contributed by atoms with Crippen molar-refractivity contribution in [3.05, 3.63) is 53.4 Å². The van der Waals surface area contributed by atoms with Gasteiger partial charge in [-0.1, -0.05) is 0 Å². The van der Waals surface area contributed by atoms with Crippen LogP contribution in [0.3, 0.4) is 0 Å². The van der Waals surface area contributed by atoms with E-state index in [1.165, 1.54) is 36.1 Å². The molecule has 0 atom stereocenters. The fourth-order valence-corrected chi connectivity index (χ4v) is 2.83. The summed E-state index contributed by atoms with van der Waals surface area (Å²) in [7, 11) is 2.91. The predicted molar refractivity (Wildman–Crippen MR) is 78.1 cm³/mol. The zero-order chi connectivity index (χ0) is 14.9.